The van der Waals surface area contributed by atoms with Crippen molar-refractivity contribution in [1.29, 1.82) is 0 Å². The Kier molecular flexibility index (Phi) is 4.79. The molecule has 8 heteroatoms. The second-order valence-electron chi connectivity index (χ2n) is 2.94. The lowest BCUT2D eigenvalue weighted by Crippen LogP contribution is -2.48. The van der Waals surface area contributed by atoms with Crippen molar-refractivity contribution in [3.63, 3.8) is 0 Å². The van der Waals surface area contributed by atoms with E-state index in [1.807, 2.05) is 0 Å². The zero-order chi connectivity index (χ0) is 12.4. The summed E-state index contributed by atoms with van der Waals surface area (Å²) < 4.78 is 96.7. The van der Waals surface area contributed by atoms with Gasteiger partial charge in [-0.15, -0.1) is 0 Å². The molecular weight excluding hydrogens is 236 g/mol. The maximum atomic E-state index is 12.5. The predicted molar refractivity (Wildman–Crippen MR) is 36.2 cm³/mol. The lowest BCUT2D eigenvalue weighted by atomic mass is 10.0. The SMILES string of the molecule is CC(F)C(F)C(F)C(F)C(F)(F)C(F)F. The Labute approximate surface area is 80.3 Å². The molecule has 0 aliphatic heterocycles. The smallest absolute Gasteiger partial charge is 0.244 e. The summed E-state index contributed by atoms with van der Waals surface area (Å²) in [5, 5.41) is 0. The monoisotopic (exact) mass is 244 g/mol. The summed E-state index contributed by atoms with van der Waals surface area (Å²) >= 11 is 0. The van der Waals surface area contributed by atoms with Gasteiger partial charge in [0.15, 0.2) is 12.3 Å². The van der Waals surface area contributed by atoms with Crippen molar-refractivity contribution in [2.45, 2.75) is 44.0 Å². The quantitative estimate of drug-likeness (QED) is 0.651. The highest BCUT2D eigenvalue weighted by atomic mass is 19.3. The van der Waals surface area contributed by atoms with E-state index in [-0.39, 0.29) is 0 Å². The van der Waals surface area contributed by atoms with E-state index in [1.165, 1.54) is 0 Å². The molecule has 0 saturated carbocycles. The predicted octanol–water partition coefficient (Wildman–Crippen LogP) is 3.26. The van der Waals surface area contributed by atoms with Gasteiger partial charge in [-0.05, 0) is 6.92 Å². The average Bonchev–Trinajstić information content (AvgIpc) is 2.13. The van der Waals surface area contributed by atoms with Gasteiger partial charge < -0.3 is 0 Å². The minimum Gasteiger partial charge on any atom is -0.244 e. The molecule has 0 aromatic rings. The van der Waals surface area contributed by atoms with E-state index in [9.17, 15) is 35.1 Å². The molecule has 0 nitrogen and oxygen atoms in total. The fraction of sp³-hybridized carbons (Fsp3) is 1.00. The molecule has 0 aromatic heterocycles. The molecule has 0 amide bonds. The van der Waals surface area contributed by atoms with Gasteiger partial charge in [-0.1, -0.05) is 0 Å². The van der Waals surface area contributed by atoms with Crippen molar-refractivity contribution in [2.75, 3.05) is 0 Å². The first kappa shape index (κ1) is 14.4. The van der Waals surface area contributed by atoms with Crippen molar-refractivity contribution in [1.82, 2.24) is 0 Å². The Balaban J connectivity index is 4.63. The first-order valence-corrected chi connectivity index (χ1v) is 3.84. The first-order chi connectivity index (χ1) is 6.62. The molecule has 0 radical (unpaired) electrons. The summed E-state index contributed by atoms with van der Waals surface area (Å²) in [6.07, 6.45) is -18.0. The van der Waals surface area contributed by atoms with Gasteiger partial charge in [0, 0.05) is 0 Å². The Morgan fingerprint density at radius 1 is 0.800 bits per heavy atom. The molecule has 0 heterocycles. The van der Waals surface area contributed by atoms with Crippen LogP contribution < -0.4 is 0 Å². The van der Waals surface area contributed by atoms with E-state index in [0.717, 1.165) is 0 Å². The molecule has 0 bridgehead atoms. The zero-order valence-electron chi connectivity index (χ0n) is 7.41. The Morgan fingerprint density at radius 2 is 1.20 bits per heavy atom. The van der Waals surface area contributed by atoms with E-state index < -0.39 is 37.0 Å². The summed E-state index contributed by atoms with van der Waals surface area (Å²) in [6, 6.07) is 0. The van der Waals surface area contributed by atoms with Crippen LogP contribution in [-0.2, 0) is 0 Å². The van der Waals surface area contributed by atoms with Crippen molar-refractivity contribution in [3.05, 3.63) is 0 Å². The highest BCUT2D eigenvalue weighted by molar-refractivity contribution is 4.90. The van der Waals surface area contributed by atoms with E-state index in [0.29, 0.717) is 6.92 Å². The van der Waals surface area contributed by atoms with Crippen molar-refractivity contribution < 1.29 is 35.1 Å². The molecule has 0 fully saturated rings. The van der Waals surface area contributed by atoms with Gasteiger partial charge in [-0.25, -0.2) is 26.3 Å². The van der Waals surface area contributed by atoms with Crippen LogP contribution in [-0.4, -0.2) is 37.0 Å². The largest absolute Gasteiger partial charge is 0.340 e. The van der Waals surface area contributed by atoms with Crippen molar-refractivity contribution in [3.8, 4) is 0 Å². The lowest BCUT2D eigenvalue weighted by molar-refractivity contribution is -0.192. The third-order valence-corrected chi connectivity index (χ3v) is 1.68. The number of halogens is 8. The number of rotatable bonds is 5. The van der Waals surface area contributed by atoms with Crippen LogP contribution in [0.3, 0.4) is 0 Å². The summed E-state index contributed by atoms with van der Waals surface area (Å²) in [5.41, 5.74) is 0. The Bertz CT molecular complexity index is 191. The fourth-order valence-corrected chi connectivity index (χ4v) is 0.747. The van der Waals surface area contributed by atoms with Crippen LogP contribution in [0.5, 0.6) is 0 Å². The summed E-state index contributed by atoms with van der Waals surface area (Å²) in [5.74, 6) is -5.33. The van der Waals surface area contributed by atoms with Gasteiger partial charge in [0.2, 0.25) is 6.17 Å². The fourth-order valence-electron chi connectivity index (χ4n) is 0.747. The van der Waals surface area contributed by atoms with E-state index in [2.05, 4.69) is 0 Å². The van der Waals surface area contributed by atoms with Gasteiger partial charge in [-0.2, -0.15) is 8.78 Å². The second-order valence-corrected chi connectivity index (χ2v) is 2.94. The van der Waals surface area contributed by atoms with Crippen LogP contribution in [0.4, 0.5) is 35.1 Å². The molecule has 4 unspecified atom stereocenters. The summed E-state index contributed by atoms with van der Waals surface area (Å²) in [4.78, 5) is 0. The molecule has 0 spiro atoms. The maximum Gasteiger partial charge on any atom is 0.340 e. The molecule has 4 atom stereocenters. The lowest BCUT2D eigenvalue weighted by Gasteiger charge is -2.24. The van der Waals surface area contributed by atoms with Crippen LogP contribution >= 0.6 is 0 Å². The van der Waals surface area contributed by atoms with Crippen LogP contribution in [0.25, 0.3) is 0 Å². The van der Waals surface area contributed by atoms with Crippen LogP contribution in [0.1, 0.15) is 6.92 Å². The molecule has 0 saturated heterocycles. The van der Waals surface area contributed by atoms with Gasteiger partial charge >= 0.3 is 12.3 Å². The second kappa shape index (κ2) is 4.98. The van der Waals surface area contributed by atoms with Gasteiger partial charge in [-0.3, -0.25) is 0 Å². The highest BCUT2D eigenvalue weighted by Crippen LogP contribution is 2.34. The third kappa shape index (κ3) is 3.20. The summed E-state index contributed by atoms with van der Waals surface area (Å²) in [7, 11) is 0. The third-order valence-electron chi connectivity index (χ3n) is 1.68. The van der Waals surface area contributed by atoms with Crippen LogP contribution in [0, 0.1) is 0 Å². The van der Waals surface area contributed by atoms with E-state index in [1.54, 1.807) is 0 Å². The number of alkyl halides is 8. The zero-order valence-corrected chi connectivity index (χ0v) is 7.41. The van der Waals surface area contributed by atoms with Gasteiger partial charge in [0.05, 0.1) is 0 Å². The molecule has 0 aliphatic carbocycles. The molecule has 0 rings (SSSR count). The normalized spacial score (nSPS) is 21.2. The molecule has 15 heavy (non-hydrogen) atoms. The Morgan fingerprint density at radius 3 is 1.47 bits per heavy atom. The molecule has 92 valence electrons. The van der Waals surface area contributed by atoms with Crippen LogP contribution in [0.2, 0.25) is 0 Å². The van der Waals surface area contributed by atoms with E-state index in [4.69, 9.17) is 0 Å². The standard InChI is InChI=1S/C7H8F8/c1-2(8)3(9)4(10)5(11)7(14,15)6(12)13/h2-6H,1H3. The molecule has 0 aromatic carbocycles. The minimum absolute atomic E-state index is 0.463. The number of hydrogen-bond donors (Lipinski definition) is 0. The average molecular weight is 244 g/mol. The van der Waals surface area contributed by atoms with Gasteiger partial charge in [0.25, 0.3) is 0 Å². The Hall–Kier alpha value is -0.560. The van der Waals surface area contributed by atoms with Gasteiger partial charge in [0.1, 0.15) is 6.17 Å². The topological polar surface area (TPSA) is 0 Å². The highest BCUT2D eigenvalue weighted by Gasteiger charge is 2.55. The molecule has 0 aliphatic rings. The van der Waals surface area contributed by atoms with E-state index >= 15 is 0 Å². The van der Waals surface area contributed by atoms with Crippen molar-refractivity contribution in [2.24, 2.45) is 0 Å². The molecule has 0 N–H and O–H groups in total. The minimum atomic E-state index is -5.33. The molecular formula is C7H8F8. The van der Waals surface area contributed by atoms with Crippen molar-refractivity contribution >= 4 is 0 Å². The summed E-state index contributed by atoms with van der Waals surface area (Å²) in [6.45, 7) is 0.463. The number of hydrogen-bond acceptors (Lipinski definition) is 0. The van der Waals surface area contributed by atoms with Crippen LogP contribution in [0.15, 0.2) is 0 Å². The first-order valence-electron chi connectivity index (χ1n) is 3.84. The maximum absolute atomic E-state index is 12.5.